The predicted molar refractivity (Wildman–Crippen MR) is 85.1 cm³/mol. The van der Waals surface area contributed by atoms with Crippen LogP contribution in [0.4, 0.5) is 9.59 Å². The number of nitrogens with one attached hydrogen (secondary N) is 2. The molecule has 8 heteroatoms. The van der Waals surface area contributed by atoms with Crippen LogP contribution in [0, 0.1) is 0 Å². The number of rotatable bonds is 8. The predicted octanol–water partition coefficient (Wildman–Crippen LogP) is 1.72. The van der Waals surface area contributed by atoms with Gasteiger partial charge in [0.1, 0.15) is 0 Å². The fourth-order valence-corrected chi connectivity index (χ4v) is 1.80. The molecule has 0 fully saturated rings. The van der Waals surface area contributed by atoms with Gasteiger partial charge in [-0.05, 0) is 17.5 Å². The molecule has 0 saturated carbocycles. The fourth-order valence-electron chi connectivity index (χ4n) is 1.80. The lowest BCUT2D eigenvalue weighted by atomic mass is 10.1. The van der Waals surface area contributed by atoms with Crippen LogP contribution in [0.2, 0.25) is 0 Å². The highest BCUT2D eigenvalue weighted by atomic mass is 16.5. The summed E-state index contributed by atoms with van der Waals surface area (Å²) < 4.78 is 13.9. The van der Waals surface area contributed by atoms with Crippen molar-refractivity contribution in [2.45, 2.75) is 25.9 Å². The third-order valence-corrected chi connectivity index (χ3v) is 3.04. The molecule has 0 saturated heterocycles. The normalized spacial score (nSPS) is 9.75. The third-order valence-electron chi connectivity index (χ3n) is 3.04. The van der Waals surface area contributed by atoms with Gasteiger partial charge in [0.05, 0.1) is 20.8 Å². The number of methoxy groups -OCH3 is 2. The summed E-state index contributed by atoms with van der Waals surface area (Å²) in [7, 11) is 2.61. The second kappa shape index (κ2) is 10.9. The van der Waals surface area contributed by atoms with E-state index in [0.29, 0.717) is 19.5 Å². The first-order valence-electron chi connectivity index (χ1n) is 7.42. The second-order valence-electron chi connectivity index (χ2n) is 4.83. The zero-order valence-electron chi connectivity index (χ0n) is 13.8. The van der Waals surface area contributed by atoms with E-state index in [4.69, 9.17) is 4.74 Å². The van der Waals surface area contributed by atoms with E-state index in [1.807, 2.05) is 24.3 Å². The maximum Gasteiger partial charge on any atom is 0.407 e. The molecule has 1 rings (SSSR count). The highest BCUT2D eigenvalue weighted by Gasteiger charge is 2.05. The van der Waals surface area contributed by atoms with Crippen LogP contribution in [-0.2, 0) is 32.1 Å². The first-order valence-corrected chi connectivity index (χ1v) is 7.42. The quantitative estimate of drug-likeness (QED) is 0.425. The summed E-state index contributed by atoms with van der Waals surface area (Å²) in [5.41, 5.74) is 1.75. The Labute approximate surface area is 140 Å². The summed E-state index contributed by atoms with van der Waals surface area (Å²) in [5, 5.41) is 5.19. The molecule has 8 nitrogen and oxygen atoms in total. The van der Waals surface area contributed by atoms with Crippen LogP contribution in [0.25, 0.3) is 0 Å². The van der Waals surface area contributed by atoms with Gasteiger partial charge in [-0.2, -0.15) is 0 Å². The minimum Gasteiger partial charge on any atom is -0.469 e. The molecule has 132 valence electrons. The van der Waals surface area contributed by atoms with E-state index in [2.05, 4.69) is 20.1 Å². The number of carbonyl (C=O) groups is 3. The number of amides is 2. The average molecular weight is 338 g/mol. The van der Waals surface area contributed by atoms with Crippen molar-refractivity contribution in [1.29, 1.82) is 0 Å². The lowest BCUT2D eigenvalue weighted by molar-refractivity contribution is -0.140. The van der Waals surface area contributed by atoms with Crippen molar-refractivity contribution in [2.75, 3.05) is 20.8 Å². The van der Waals surface area contributed by atoms with Gasteiger partial charge in [0, 0.05) is 19.5 Å². The van der Waals surface area contributed by atoms with Crippen LogP contribution < -0.4 is 10.6 Å². The van der Waals surface area contributed by atoms with Crippen LogP contribution in [0.1, 0.15) is 24.0 Å². The Kier molecular flexibility index (Phi) is 8.73. The molecule has 0 atom stereocenters. The molecule has 0 radical (unpaired) electrons. The number of carbonyl (C=O) groups excluding carboxylic acids is 3. The SMILES string of the molecule is COC(=O)CCCOC(=O)NCc1cccc(CNC(=O)OC)c1. The Bertz CT molecular complexity index is 561. The smallest absolute Gasteiger partial charge is 0.407 e. The van der Waals surface area contributed by atoms with Gasteiger partial charge in [0.2, 0.25) is 0 Å². The van der Waals surface area contributed by atoms with Gasteiger partial charge in [-0.25, -0.2) is 9.59 Å². The molecule has 0 unspecified atom stereocenters. The Morgan fingerprint density at radius 3 is 2.17 bits per heavy atom. The third kappa shape index (κ3) is 8.02. The standard InChI is InChI=1S/C16H22N2O6/c1-22-14(19)7-4-8-24-16(21)18-11-13-6-3-5-12(9-13)10-17-15(20)23-2/h3,5-6,9H,4,7-8,10-11H2,1-2H3,(H,17,20)(H,18,21). The van der Waals surface area contributed by atoms with Crippen LogP contribution in [0.5, 0.6) is 0 Å². The van der Waals surface area contributed by atoms with E-state index in [1.54, 1.807) is 0 Å². The van der Waals surface area contributed by atoms with Crippen molar-refractivity contribution in [3.63, 3.8) is 0 Å². The van der Waals surface area contributed by atoms with Gasteiger partial charge in [0.15, 0.2) is 0 Å². The molecule has 1 aromatic carbocycles. The van der Waals surface area contributed by atoms with Gasteiger partial charge in [0.25, 0.3) is 0 Å². The van der Waals surface area contributed by atoms with Gasteiger partial charge >= 0.3 is 18.2 Å². The Hall–Kier alpha value is -2.77. The number of benzene rings is 1. The molecule has 0 heterocycles. The maximum absolute atomic E-state index is 11.5. The maximum atomic E-state index is 11.5. The molecular formula is C16H22N2O6. The highest BCUT2D eigenvalue weighted by molar-refractivity contribution is 5.69. The second-order valence-corrected chi connectivity index (χ2v) is 4.83. The highest BCUT2D eigenvalue weighted by Crippen LogP contribution is 2.05. The number of alkyl carbamates (subject to hydrolysis) is 2. The minimum absolute atomic E-state index is 0.143. The molecule has 0 aromatic heterocycles. The molecular weight excluding hydrogens is 316 g/mol. The molecule has 0 spiro atoms. The Morgan fingerprint density at radius 1 is 0.958 bits per heavy atom. The van der Waals surface area contributed by atoms with E-state index in [9.17, 15) is 14.4 Å². The van der Waals surface area contributed by atoms with E-state index in [0.717, 1.165) is 11.1 Å². The lowest BCUT2D eigenvalue weighted by Gasteiger charge is -2.09. The lowest BCUT2D eigenvalue weighted by Crippen LogP contribution is -2.25. The summed E-state index contributed by atoms with van der Waals surface area (Å²) in [6.07, 6.45) is -0.444. The van der Waals surface area contributed by atoms with Crippen LogP contribution in [0.3, 0.4) is 0 Å². The van der Waals surface area contributed by atoms with Crippen molar-refractivity contribution in [1.82, 2.24) is 10.6 Å². The topological polar surface area (TPSA) is 103 Å². The molecule has 0 aliphatic carbocycles. The molecule has 2 N–H and O–H groups in total. The molecule has 0 aliphatic rings. The molecule has 24 heavy (non-hydrogen) atoms. The molecule has 0 bridgehead atoms. The summed E-state index contributed by atoms with van der Waals surface area (Å²) >= 11 is 0. The summed E-state index contributed by atoms with van der Waals surface area (Å²) in [6, 6.07) is 7.38. The van der Waals surface area contributed by atoms with Crippen LogP contribution in [0.15, 0.2) is 24.3 Å². The van der Waals surface area contributed by atoms with Crippen molar-refractivity contribution >= 4 is 18.2 Å². The van der Waals surface area contributed by atoms with Gasteiger partial charge in [-0.15, -0.1) is 0 Å². The van der Waals surface area contributed by atoms with Crippen molar-refractivity contribution in [2.24, 2.45) is 0 Å². The number of hydrogen-bond acceptors (Lipinski definition) is 6. The number of hydrogen-bond donors (Lipinski definition) is 2. The molecule has 0 aliphatic heterocycles. The summed E-state index contributed by atoms with van der Waals surface area (Å²) in [6.45, 7) is 0.768. The van der Waals surface area contributed by atoms with Crippen LogP contribution >= 0.6 is 0 Å². The fraction of sp³-hybridized carbons (Fsp3) is 0.438. The van der Waals surface area contributed by atoms with E-state index < -0.39 is 12.2 Å². The Morgan fingerprint density at radius 2 is 1.58 bits per heavy atom. The van der Waals surface area contributed by atoms with Crippen molar-refractivity contribution in [3.8, 4) is 0 Å². The molecule has 1 aromatic rings. The van der Waals surface area contributed by atoms with Gasteiger partial charge < -0.3 is 24.8 Å². The average Bonchev–Trinajstić information content (AvgIpc) is 2.61. The number of esters is 1. The molecule has 2 amide bonds. The van der Waals surface area contributed by atoms with Crippen LogP contribution in [-0.4, -0.2) is 39.0 Å². The summed E-state index contributed by atoms with van der Waals surface area (Å²) in [5.74, 6) is -0.337. The minimum atomic E-state index is -0.557. The van der Waals surface area contributed by atoms with Gasteiger partial charge in [-0.1, -0.05) is 24.3 Å². The van der Waals surface area contributed by atoms with E-state index >= 15 is 0 Å². The zero-order chi connectivity index (χ0) is 17.8. The first-order chi connectivity index (χ1) is 11.5. The summed E-state index contributed by atoms with van der Waals surface area (Å²) in [4.78, 5) is 33.5. The van der Waals surface area contributed by atoms with E-state index in [1.165, 1.54) is 14.2 Å². The largest absolute Gasteiger partial charge is 0.469 e. The Balaban J connectivity index is 2.29. The first kappa shape index (κ1) is 19.3. The van der Waals surface area contributed by atoms with Crippen molar-refractivity contribution < 1.29 is 28.6 Å². The van der Waals surface area contributed by atoms with Gasteiger partial charge in [-0.3, -0.25) is 4.79 Å². The number of ether oxygens (including phenoxy) is 3. The monoisotopic (exact) mass is 338 g/mol. The zero-order valence-corrected chi connectivity index (χ0v) is 13.8. The van der Waals surface area contributed by atoms with Crippen molar-refractivity contribution in [3.05, 3.63) is 35.4 Å². The van der Waals surface area contributed by atoms with E-state index in [-0.39, 0.29) is 19.0 Å².